The van der Waals surface area contributed by atoms with E-state index in [9.17, 15) is 22.8 Å². The van der Waals surface area contributed by atoms with Gasteiger partial charge < -0.3 is 19.7 Å². The number of sulfonamides is 1. The molecular formula is C27H37N3O7S2. The Labute approximate surface area is 234 Å². The fraction of sp³-hybridized carbons (Fsp3) is 0.519. The van der Waals surface area contributed by atoms with Gasteiger partial charge in [0.1, 0.15) is 5.00 Å². The zero-order chi connectivity index (χ0) is 28.6. The summed E-state index contributed by atoms with van der Waals surface area (Å²) in [7, 11) is -2.38. The van der Waals surface area contributed by atoms with Gasteiger partial charge in [-0.1, -0.05) is 26.7 Å². The Balaban J connectivity index is 1.84. The number of fused-ring (bicyclic) bond motifs is 1. The predicted molar refractivity (Wildman–Crippen MR) is 150 cm³/mol. The van der Waals surface area contributed by atoms with Gasteiger partial charge in [-0.3, -0.25) is 4.79 Å². The second-order valence-electron chi connectivity index (χ2n) is 9.16. The summed E-state index contributed by atoms with van der Waals surface area (Å²) in [4.78, 5) is 40.4. The highest BCUT2D eigenvalue weighted by atomic mass is 32.2. The number of unbranched alkanes of at least 4 members (excludes halogenated alkanes) is 2. The predicted octanol–water partition coefficient (Wildman–Crippen LogP) is 4.89. The second kappa shape index (κ2) is 13.9. The zero-order valence-electron chi connectivity index (χ0n) is 22.9. The number of nitrogens with zero attached hydrogens (tertiary/aromatic N) is 2. The quantitative estimate of drug-likeness (QED) is 0.355. The lowest BCUT2D eigenvalue weighted by Gasteiger charge is -2.25. The molecule has 1 aromatic heterocycles. The first-order valence-electron chi connectivity index (χ1n) is 13.2. The van der Waals surface area contributed by atoms with E-state index in [-0.39, 0.29) is 29.2 Å². The first-order chi connectivity index (χ1) is 18.7. The van der Waals surface area contributed by atoms with Crippen LogP contribution in [0, 0.1) is 0 Å². The van der Waals surface area contributed by atoms with Gasteiger partial charge in [-0.05, 0) is 56.0 Å². The summed E-state index contributed by atoms with van der Waals surface area (Å²) in [5, 5.41) is 3.13. The van der Waals surface area contributed by atoms with Gasteiger partial charge in [-0.15, -0.1) is 11.3 Å². The Morgan fingerprint density at radius 1 is 1.05 bits per heavy atom. The smallest absolute Gasteiger partial charge is 0.409 e. The third-order valence-electron chi connectivity index (χ3n) is 6.47. The van der Waals surface area contributed by atoms with Crippen LogP contribution in [0.1, 0.15) is 77.6 Å². The normalized spacial score (nSPS) is 13.2. The Bertz CT molecular complexity index is 1270. The number of carbonyl (C=O) groups is 3. The minimum Gasteiger partial charge on any atom is -0.462 e. The molecule has 12 heteroatoms. The third kappa shape index (κ3) is 7.17. The number of thiophene rings is 1. The molecule has 2 heterocycles. The molecule has 0 bridgehead atoms. The van der Waals surface area contributed by atoms with Crippen molar-refractivity contribution in [2.75, 3.05) is 38.7 Å². The summed E-state index contributed by atoms with van der Waals surface area (Å²) in [6.45, 7) is 7.45. The summed E-state index contributed by atoms with van der Waals surface area (Å²) in [5.41, 5.74) is 1.28. The lowest BCUT2D eigenvalue weighted by atomic mass is 10.0. The van der Waals surface area contributed by atoms with Gasteiger partial charge in [0.25, 0.3) is 5.91 Å². The standard InChI is InChI=1S/C27H37N3O7S2/c1-5-8-15-30(16-9-6-2)39(34,35)20-12-10-19(11-13-20)24(31)28-25-23(26(32)37-7-3)21-14-17-29(27(33)36-4)18-22(21)38-25/h10-13H,5-9,14-18H2,1-4H3,(H,28,31). The molecule has 0 atom stereocenters. The van der Waals surface area contributed by atoms with E-state index in [4.69, 9.17) is 9.47 Å². The molecule has 214 valence electrons. The molecule has 2 amide bonds. The Morgan fingerprint density at radius 2 is 1.69 bits per heavy atom. The van der Waals surface area contributed by atoms with Crippen LogP contribution in [0.15, 0.2) is 29.2 Å². The van der Waals surface area contributed by atoms with E-state index >= 15 is 0 Å². The highest BCUT2D eigenvalue weighted by molar-refractivity contribution is 7.89. The molecular weight excluding hydrogens is 542 g/mol. The lowest BCUT2D eigenvalue weighted by Crippen LogP contribution is -2.35. The van der Waals surface area contributed by atoms with Crippen molar-refractivity contribution in [3.05, 3.63) is 45.8 Å². The monoisotopic (exact) mass is 579 g/mol. The number of hydrogen-bond acceptors (Lipinski definition) is 8. The molecule has 0 spiro atoms. The van der Waals surface area contributed by atoms with E-state index in [1.807, 2.05) is 13.8 Å². The number of esters is 1. The number of ether oxygens (including phenoxy) is 2. The van der Waals surface area contributed by atoms with Crippen LogP contribution in [0.5, 0.6) is 0 Å². The van der Waals surface area contributed by atoms with Crippen molar-refractivity contribution in [2.24, 2.45) is 0 Å². The fourth-order valence-corrected chi connectivity index (χ4v) is 7.08. The van der Waals surface area contributed by atoms with Crippen molar-refractivity contribution in [3.8, 4) is 0 Å². The van der Waals surface area contributed by atoms with E-state index < -0.39 is 28.0 Å². The first-order valence-corrected chi connectivity index (χ1v) is 15.5. The minimum absolute atomic E-state index is 0.132. The van der Waals surface area contributed by atoms with Crippen LogP contribution >= 0.6 is 11.3 Å². The maximum atomic E-state index is 13.2. The molecule has 1 aromatic carbocycles. The maximum Gasteiger partial charge on any atom is 0.409 e. The number of nitrogens with one attached hydrogen (secondary N) is 1. The van der Waals surface area contributed by atoms with Gasteiger partial charge in [0.2, 0.25) is 10.0 Å². The van der Waals surface area contributed by atoms with Crippen molar-refractivity contribution >= 4 is 44.3 Å². The molecule has 0 radical (unpaired) electrons. The zero-order valence-corrected chi connectivity index (χ0v) is 24.6. The summed E-state index contributed by atoms with van der Waals surface area (Å²) in [6, 6.07) is 5.82. The number of anilines is 1. The van der Waals surface area contributed by atoms with E-state index in [0.717, 1.165) is 36.1 Å². The molecule has 10 nitrogen and oxygen atoms in total. The summed E-state index contributed by atoms with van der Waals surface area (Å²) in [5.74, 6) is -1.03. The van der Waals surface area contributed by atoms with Crippen LogP contribution in [0.3, 0.4) is 0 Å². The van der Waals surface area contributed by atoms with Gasteiger partial charge in [0.05, 0.1) is 30.7 Å². The Hall–Kier alpha value is -2.96. The second-order valence-corrected chi connectivity index (χ2v) is 12.2. The topological polar surface area (TPSA) is 122 Å². The molecule has 1 N–H and O–H groups in total. The van der Waals surface area contributed by atoms with Crippen molar-refractivity contribution in [3.63, 3.8) is 0 Å². The number of amides is 2. The highest BCUT2D eigenvalue weighted by Crippen LogP contribution is 2.38. The van der Waals surface area contributed by atoms with Gasteiger partial charge in [0, 0.05) is 30.1 Å². The van der Waals surface area contributed by atoms with Crippen LogP contribution in [-0.4, -0.2) is 68.9 Å². The molecule has 0 saturated heterocycles. The average molecular weight is 580 g/mol. The third-order valence-corrected chi connectivity index (χ3v) is 9.52. The van der Waals surface area contributed by atoms with Crippen LogP contribution < -0.4 is 5.32 Å². The summed E-state index contributed by atoms with van der Waals surface area (Å²) in [6.07, 6.45) is 3.28. The molecule has 3 rings (SSSR count). The van der Waals surface area contributed by atoms with Gasteiger partial charge in [-0.2, -0.15) is 4.31 Å². The van der Waals surface area contributed by atoms with Crippen molar-refractivity contribution in [1.82, 2.24) is 9.21 Å². The van der Waals surface area contributed by atoms with Crippen molar-refractivity contribution in [2.45, 2.75) is 64.3 Å². The average Bonchev–Trinajstić information content (AvgIpc) is 3.29. The number of hydrogen-bond donors (Lipinski definition) is 1. The van der Waals surface area contributed by atoms with E-state index in [1.165, 1.54) is 51.9 Å². The number of benzene rings is 1. The first kappa shape index (κ1) is 30.6. The molecule has 0 unspecified atom stereocenters. The molecule has 0 aliphatic carbocycles. The van der Waals surface area contributed by atoms with Gasteiger partial charge >= 0.3 is 12.1 Å². The molecule has 39 heavy (non-hydrogen) atoms. The van der Waals surface area contributed by atoms with E-state index in [0.29, 0.717) is 31.1 Å². The molecule has 0 saturated carbocycles. The lowest BCUT2D eigenvalue weighted by molar-refractivity contribution is 0.0526. The number of rotatable bonds is 12. The molecule has 1 aliphatic rings. The van der Waals surface area contributed by atoms with Crippen LogP contribution in [0.4, 0.5) is 9.80 Å². The maximum absolute atomic E-state index is 13.2. The summed E-state index contributed by atoms with van der Waals surface area (Å²) >= 11 is 1.21. The highest BCUT2D eigenvalue weighted by Gasteiger charge is 2.31. The van der Waals surface area contributed by atoms with Crippen LogP contribution in [0.25, 0.3) is 0 Å². The van der Waals surface area contributed by atoms with Gasteiger partial charge in [0.15, 0.2) is 0 Å². The SMILES string of the molecule is CCCCN(CCCC)S(=O)(=O)c1ccc(C(=O)Nc2sc3c(c2C(=O)OCC)CCN(C(=O)OC)C3)cc1. The van der Waals surface area contributed by atoms with Crippen LogP contribution in [-0.2, 0) is 32.5 Å². The summed E-state index contributed by atoms with van der Waals surface area (Å²) < 4.78 is 38.1. The molecule has 0 fully saturated rings. The minimum atomic E-state index is -3.69. The van der Waals surface area contributed by atoms with Crippen molar-refractivity contribution in [1.29, 1.82) is 0 Å². The number of carbonyl (C=O) groups excluding carboxylic acids is 3. The van der Waals surface area contributed by atoms with E-state index in [1.54, 1.807) is 6.92 Å². The van der Waals surface area contributed by atoms with E-state index in [2.05, 4.69) is 5.32 Å². The van der Waals surface area contributed by atoms with Gasteiger partial charge in [-0.25, -0.2) is 18.0 Å². The van der Waals surface area contributed by atoms with Crippen LogP contribution in [0.2, 0.25) is 0 Å². The Morgan fingerprint density at radius 3 is 2.26 bits per heavy atom. The molecule has 1 aliphatic heterocycles. The largest absolute Gasteiger partial charge is 0.462 e. The fourth-order valence-electron chi connectivity index (χ4n) is 4.32. The Kier molecular flexibility index (Phi) is 10.9. The van der Waals surface area contributed by atoms with Crippen molar-refractivity contribution < 1.29 is 32.3 Å². The molecule has 2 aromatic rings. The number of methoxy groups -OCH3 is 1.